The van der Waals surface area contributed by atoms with Gasteiger partial charge in [-0.2, -0.15) is 0 Å². The zero-order chi connectivity index (χ0) is 12.0. The number of hydrogen-bond donors (Lipinski definition) is 0. The van der Waals surface area contributed by atoms with Crippen LogP contribution in [0.5, 0.6) is 0 Å². The van der Waals surface area contributed by atoms with E-state index in [4.69, 9.17) is 4.74 Å². The monoisotopic (exact) mass is 223 g/mol. The molecule has 1 rings (SSSR count). The number of ether oxygens (including phenoxy) is 1. The summed E-state index contributed by atoms with van der Waals surface area (Å²) in [7, 11) is 1.82. The number of aromatic nitrogens is 1. The largest absolute Gasteiger partial charge is 0.381 e. The van der Waals surface area contributed by atoms with Crippen LogP contribution in [-0.2, 0) is 11.3 Å². The zero-order valence-electron chi connectivity index (χ0n) is 11.1. The third-order valence-corrected chi connectivity index (χ3v) is 3.27. The molecule has 2 nitrogen and oxygen atoms in total. The van der Waals surface area contributed by atoms with Crippen LogP contribution in [0, 0.1) is 0 Å². The van der Waals surface area contributed by atoms with Gasteiger partial charge < -0.3 is 9.30 Å². The summed E-state index contributed by atoms with van der Waals surface area (Å²) in [6.07, 6.45) is 8.30. The maximum absolute atomic E-state index is 5.51. The molecule has 0 amide bonds. The van der Waals surface area contributed by atoms with Crippen molar-refractivity contribution >= 4 is 0 Å². The van der Waals surface area contributed by atoms with Gasteiger partial charge in [0.2, 0.25) is 0 Å². The number of rotatable bonds is 7. The van der Waals surface area contributed by atoms with Gasteiger partial charge in [0.15, 0.2) is 0 Å². The van der Waals surface area contributed by atoms with E-state index in [9.17, 15) is 0 Å². The van der Waals surface area contributed by atoms with Crippen LogP contribution in [0.1, 0.15) is 51.5 Å². The lowest BCUT2D eigenvalue weighted by Crippen LogP contribution is -2.13. The summed E-state index contributed by atoms with van der Waals surface area (Å²) in [4.78, 5) is 0. The topological polar surface area (TPSA) is 14.2 Å². The summed E-state index contributed by atoms with van der Waals surface area (Å²) in [5, 5.41) is 0. The van der Waals surface area contributed by atoms with Crippen molar-refractivity contribution in [2.24, 2.45) is 0 Å². The Bertz CT molecular complexity index is 293. The van der Waals surface area contributed by atoms with Crippen molar-refractivity contribution in [2.45, 2.75) is 58.6 Å². The van der Waals surface area contributed by atoms with Crippen LogP contribution in [-0.4, -0.2) is 17.8 Å². The summed E-state index contributed by atoms with van der Waals surface area (Å²) < 4.78 is 7.74. The minimum absolute atomic E-state index is 0.407. The molecule has 0 bridgehead atoms. The second kappa shape index (κ2) is 6.74. The second-order valence-electron chi connectivity index (χ2n) is 4.56. The van der Waals surface area contributed by atoms with E-state index in [1.54, 1.807) is 0 Å². The Morgan fingerprint density at radius 2 is 2.12 bits per heavy atom. The summed E-state index contributed by atoms with van der Waals surface area (Å²) in [5.74, 6) is 0.587. The highest BCUT2D eigenvalue weighted by atomic mass is 16.5. The van der Waals surface area contributed by atoms with Gasteiger partial charge in [-0.25, -0.2) is 0 Å². The molecule has 0 spiro atoms. The third kappa shape index (κ3) is 3.67. The van der Waals surface area contributed by atoms with E-state index in [1.165, 1.54) is 12.0 Å². The Balaban J connectivity index is 2.52. The zero-order valence-corrected chi connectivity index (χ0v) is 11.1. The van der Waals surface area contributed by atoms with Gasteiger partial charge >= 0.3 is 0 Å². The van der Waals surface area contributed by atoms with Crippen LogP contribution < -0.4 is 0 Å². The van der Waals surface area contributed by atoms with Gasteiger partial charge in [0.25, 0.3) is 0 Å². The van der Waals surface area contributed by atoms with Crippen LogP contribution in [0.15, 0.2) is 18.5 Å². The molecule has 0 saturated carbocycles. The predicted octanol–water partition coefficient (Wildman–Crippen LogP) is 3.82. The molecular formula is C14H25NO. The minimum atomic E-state index is 0.407. The highest BCUT2D eigenvalue weighted by Gasteiger charge is 2.14. The molecule has 0 N–H and O–H groups in total. The van der Waals surface area contributed by atoms with Gasteiger partial charge in [-0.05, 0) is 37.3 Å². The standard InChI is InChI=1S/C14H25NO/c1-5-7-14(16-4)10-12(3)13-8-9-15(6-2)11-13/h8-9,11-12,14H,5-7,10H2,1-4H3. The molecule has 2 unspecified atom stereocenters. The van der Waals surface area contributed by atoms with Crippen molar-refractivity contribution in [1.82, 2.24) is 4.57 Å². The van der Waals surface area contributed by atoms with Crippen molar-refractivity contribution in [3.8, 4) is 0 Å². The lowest BCUT2D eigenvalue weighted by Gasteiger charge is -2.18. The summed E-state index contributed by atoms with van der Waals surface area (Å²) >= 11 is 0. The molecule has 0 fully saturated rings. The molecular weight excluding hydrogens is 198 g/mol. The fourth-order valence-electron chi connectivity index (χ4n) is 2.13. The molecule has 0 aliphatic carbocycles. The molecule has 92 valence electrons. The van der Waals surface area contributed by atoms with E-state index in [2.05, 4.69) is 43.8 Å². The fourth-order valence-corrected chi connectivity index (χ4v) is 2.13. The highest BCUT2D eigenvalue weighted by Crippen LogP contribution is 2.23. The van der Waals surface area contributed by atoms with Crippen molar-refractivity contribution in [3.63, 3.8) is 0 Å². The van der Waals surface area contributed by atoms with Crippen LogP contribution >= 0.6 is 0 Å². The number of methoxy groups -OCH3 is 1. The van der Waals surface area contributed by atoms with Gasteiger partial charge in [-0.3, -0.25) is 0 Å². The Morgan fingerprint density at radius 3 is 2.62 bits per heavy atom. The normalized spacial score (nSPS) is 15.0. The van der Waals surface area contributed by atoms with E-state index >= 15 is 0 Å². The summed E-state index contributed by atoms with van der Waals surface area (Å²) in [6.45, 7) is 7.72. The Kier molecular flexibility index (Phi) is 5.61. The molecule has 2 heteroatoms. The average molecular weight is 223 g/mol. The molecule has 0 aliphatic heterocycles. The second-order valence-corrected chi connectivity index (χ2v) is 4.56. The predicted molar refractivity (Wildman–Crippen MR) is 68.8 cm³/mol. The fraction of sp³-hybridized carbons (Fsp3) is 0.714. The molecule has 0 aromatic carbocycles. The van der Waals surface area contributed by atoms with Crippen molar-refractivity contribution in [1.29, 1.82) is 0 Å². The molecule has 1 aromatic rings. The third-order valence-electron chi connectivity index (χ3n) is 3.27. The van der Waals surface area contributed by atoms with Gasteiger partial charge in [0.1, 0.15) is 0 Å². The number of nitrogens with zero attached hydrogens (tertiary/aromatic N) is 1. The van der Waals surface area contributed by atoms with Gasteiger partial charge in [-0.1, -0.05) is 20.3 Å². The van der Waals surface area contributed by atoms with E-state index < -0.39 is 0 Å². The van der Waals surface area contributed by atoms with Crippen LogP contribution in [0.25, 0.3) is 0 Å². The smallest absolute Gasteiger partial charge is 0.0577 e. The van der Waals surface area contributed by atoms with Gasteiger partial charge in [-0.15, -0.1) is 0 Å². The van der Waals surface area contributed by atoms with Crippen molar-refractivity contribution in [2.75, 3.05) is 7.11 Å². The first kappa shape index (κ1) is 13.3. The lowest BCUT2D eigenvalue weighted by molar-refractivity contribution is 0.0824. The first-order valence-corrected chi connectivity index (χ1v) is 6.39. The Hall–Kier alpha value is -0.760. The van der Waals surface area contributed by atoms with E-state index in [-0.39, 0.29) is 0 Å². The number of aryl methyl sites for hydroxylation is 1. The van der Waals surface area contributed by atoms with Crippen molar-refractivity contribution in [3.05, 3.63) is 24.0 Å². The van der Waals surface area contributed by atoms with E-state index in [1.807, 2.05) is 7.11 Å². The Morgan fingerprint density at radius 1 is 1.38 bits per heavy atom. The molecule has 2 atom stereocenters. The average Bonchev–Trinajstić information content (AvgIpc) is 2.76. The molecule has 0 radical (unpaired) electrons. The molecule has 1 heterocycles. The van der Waals surface area contributed by atoms with E-state index in [0.29, 0.717) is 12.0 Å². The number of hydrogen-bond acceptors (Lipinski definition) is 1. The first-order chi connectivity index (χ1) is 7.71. The summed E-state index contributed by atoms with van der Waals surface area (Å²) in [6, 6.07) is 2.23. The molecule has 1 aromatic heterocycles. The summed E-state index contributed by atoms with van der Waals surface area (Å²) in [5.41, 5.74) is 1.43. The quantitative estimate of drug-likeness (QED) is 0.685. The SMILES string of the molecule is CCCC(CC(C)c1ccn(CC)c1)OC. The first-order valence-electron chi connectivity index (χ1n) is 6.39. The minimum Gasteiger partial charge on any atom is -0.381 e. The molecule has 16 heavy (non-hydrogen) atoms. The maximum Gasteiger partial charge on any atom is 0.0577 e. The Labute approximate surface area is 99.6 Å². The highest BCUT2D eigenvalue weighted by molar-refractivity contribution is 5.15. The van der Waals surface area contributed by atoms with Crippen LogP contribution in [0.2, 0.25) is 0 Å². The van der Waals surface area contributed by atoms with E-state index in [0.717, 1.165) is 19.4 Å². The van der Waals surface area contributed by atoms with Crippen LogP contribution in [0.4, 0.5) is 0 Å². The lowest BCUT2D eigenvalue weighted by atomic mass is 9.95. The van der Waals surface area contributed by atoms with Crippen LogP contribution in [0.3, 0.4) is 0 Å². The maximum atomic E-state index is 5.51. The molecule has 0 saturated heterocycles. The molecule has 0 aliphatic rings. The van der Waals surface area contributed by atoms with Gasteiger partial charge in [0.05, 0.1) is 6.10 Å². The van der Waals surface area contributed by atoms with Gasteiger partial charge in [0, 0.05) is 26.0 Å². The van der Waals surface area contributed by atoms with Crippen molar-refractivity contribution < 1.29 is 4.74 Å².